The van der Waals surface area contributed by atoms with Crippen LogP contribution in [0.4, 0.5) is 0 Å². The molecule has 0 saturated carbocycles. The molecule has 1 aliphatic rings. The molecule has 0 saturated heterocycles. The van der Waals surface area contributed by atoms with Gasteiger partial charge in [0.25, 0.3) is 0 Å². The van der Waals surface area contributed by atoms with Gasteiger partial charge in [0.1, 0.15) is 11.5 Å². The molecule has 6 nitrogen and oxygen atoms in total. The van der Waals surface area contributed by atoms with Crippen LogP contribution in [0.25, 0.3) is 6.08 Å². The topological polar surface area (TPSA) is 63.2 Å². The minimum atomic E-state index is -0.195. The average molecular weight is 356 g/mol. The monoisotopic (exact) mass is 356 g/mol. The summed E-state index contributed by atoms with van der Waals surface area (Å²) in [5, 5.41) is 0. The van der Waals surface area contributed by atoms with Gasteiger partial charge in [-0.15, -0.1) is 0 Å². The highest BCUT2D eigenvalue weighted by Gasteiger charge is 2.28. The number of carbonyl (C=O) groups is 1. The molecular formula is C20H20O6. The molecule has 0 aliphatic carbocycles. The number of hydrogen-bond donors (Lipinski definition) is 0. The highest BCUT2D eigenvalue weighted by atomic mass is 16.5. The molecule has 0 fully saturated rings. The largest absolute Gasteiger partial charge is 0.494 e. The molecule has 3 rings (SSSR count). The maximum atomic E-state index is 12.6. The van der Waals surface area contributed by atoms with E-state index in [-0.39, 0.29) is 11.5 Å². The van der Waals surface area contributed by atoms with Crippen LogP contribution in [0, 0.1) is 0 Å². The van der Waals surface area contributed by atoms with Gasteiger partial charge in [-0.1, -0.05) is 0 Å². The van der Waals surface area contributed by atoms with Crippen LogP contribution >= 0.6 is 0 Å². The van der Waals surface area contributed by atoms with Crippen LogP contribution in [0.1, 0.15) is 22.8 Å². The van der Waals surface area contributed by atoms with Gasteiger partial charge in [-0.05, 0) is 37.3 Å². The van der Waals surface area contributed by atoms with Gasteiger partial charge in [0, 0.05) is 11.6 Å². The lowest BCUT2D eigenvalue weighted by Crippen LogP contribution is -2.00. The number of benzene rings is 2. The number of methoxy groups -OCH3 is 3. The van der Waals surface area contributed by atoms with E-state index in [2.05, 4.69) is 0 Å². The quantitative estimate of drug-likeness (QED) is 0.735. The van der Waals surface area contributed by atoms with Gasteiger partial charge in [-0.25, -0.2) is 0 Å². The van der Waals surface area contributed by atoms with Crippen molar-refractivity contribution in [1.82, 2.24) is 0 Å². The number of hydrogen-bond acceptors (Lipinski definition) is 6. The first-order valence-corrected chi connectivity index (χ1v) is 8.13. The van der Waals surface area contributed by atoms with Crippen molar-refractivity contribution in [2.24, 2.45) is 0 Å². The Morgan fingerprint density at radius 1 is 1.00 bits per heavy atom. The standard InChI is InChI=1S/C20H20O6/c1-5-25-13-7-8-14-16(11-13)26-17(18(14)21)10-12-6-9-15(22-2)20(24-4)19(12)23-3/h6-11H,5H2,1-4H3. The Bertz CT molecular complexity index is 869. The minimum absolute atomic E-state index is 0.195. The summed E-state index contributed by atoms with van der Waals surface area (Å²) in [6, 6.07) is 8.69. The fourth-order valence-electron chi connectivity index (χ4n) is 2.80. The third kappa shape index (κ3) is 3.06. The lowest BCUT2D eigenvalue weighted by atomic mass is 10.1. The van der Waals surface area contributed by atoms with E-state index in [0.29, 0.717) is 46.5 Å². The highest BCUT2D eigenvalue weighted by molar-refractivity contribution is 6.14. The summed E-state index contributed by atoms with van der Waals surface area (Å²) in [6.07, 6.45) is 1.63. The van der Waals surface area contributed by atoms with Gasteiger partial charge in [0.15, 0.2) is 17.3 Å². The maximum Gasteiger partial charge on any atom is 0.231 e. The summed E-state index contributed by atoms with van der Waals surface area (Å²) in [5.41, 5.74) is 1.14. The number of allylic oxidation sites excluding steroid dienone is 1. The predicted molar refractivity (Wildman–Crippen MR) is 96.6 cm³/mol. The number of ether oxygens (including phenoxy) is 5. The average Bonchev–Trinajstić information content (AvgIpc) is 2.96. The van der Waals surface area contributed by atoms with Crippen LogP contribution in [0.3, 0.4) is 0 Å². The molecule has 0 radical (unpaired) electrons. The first-order valence-electron chi connectivity index (χ1n) is 8.13. The second-order valence-corrected chi connectivity index (χ2v) is 5.45. The third-order valence-electron chi connectivity index (χ3n) is 3.97. The zero-order valence-electron chi connectivity index (χ0n) is 15.1. The van der Waals surface area contributed by atoms with Gasteiger partial charge in [-0.3, -0.25) is 4.79 Å². The lowest BCUT2D eigenvalue weighted by molar-refractivity contribution is 0.101. The van der Waals surface area contributed by atoms with Crippen LogP contribution < -0.4 is 23.7 Å². The van der Waals surface area contributed by atoms with E-state index in [9.17, 15) is 4.79 Å². The minimum Gasteiger partial charge on any atom is -0.494 e. The fraction of sp³-hybridized carbons (Fsp3) is 0.250. The number of rotatable bonds is 6. The number of Topliss-reactive ketones (excluding diaryl/α,β-unsaturated/α-hetero) is 1. The van der Waals surface area contributed by atoms with Crippen LogP contribution in [-0.4, -0.2) is 33.7 Å². The summed E-state index contributed by atoms with van der Waals surface area (Å²) in [5.74, 6) is 2.59. The van der Waals surface area contributed by atoms with Crippen molar-refractivity contribution in [3.05, 3.63) is 47.2 Å². The van der Waals surface area contributed by atoms with Crippen molar-refractivity contribution in [3.8, 4) is 28.7 Å². The van der Waals surface area contributed by atoms with E-state index in [1.807, 2.05) is 6.92 Å². The maximum absolute atomic E-state index is 12.6. The molecule has 2 aromatic rings. The Labute approximate surface area is 151 Å². The highest BCUT2D eigenvalue weighted by Crippen LogP contribution is 2.42. The van der Waals surface area contributed by atoms with E-state index < -0.39 is 0 Å². The number of ketones is 1. The Morgan fingerprint density at radius 3 is 2.42 bits per heavy atom. The van der Waals surface area contributed by atoms with E-state index in [1.54, 1.807) is 43.5 Å². The lowest BCUT2D eigenvalue weighted by Gasteiger charge is -2.14. The first kappa shape index (κ1) is 17.7. The molecule has 0 unspecified atom stereocenters. The van der Waals surface area contributed by atoms with E-state index in [0.717, 1.165) is 0 Å². The van der Waals surface area contributed by atoms with E-state index in [1.165, 1.54) is 14.2 Å². The zero-order chi connectivity index (χ0) is 18.7. The van der Waals surface area contributed by atoms with E-state index >= 15 is 0 Å². The van der Waals surface area contributed by atoms with Crippen LogP contribution in [0.15, 0.2) is 36.1 Å². The summed E-state index contributed by atoms with van der Waals surface area (Å²) in [7, 11) is 4.60. The molecule has 0 amide bonds. The Morgan fingerprint density at radius 2 is 1.77 bits per heavy atom. The summed E-state index contributed by atoms with van der Waals surface area (Å²) in [4.78, 5) is 12.6. The molecule has 26 heavy (non-hydrogen) atoms. The van der Waals surface area contributed by atoms with Crippen LogP contribution in [0.2, 0.25) is 0 Å². The van der Waals surface area contributed by atoms with Crippen molar-refractivity contribution in [3.63, 3.8) is 0 Å². The summed E-state index contributed by atoms with van der Waals surface area (Å²) in [6.45, 7) is 2.44. The smallest absolute Gasteiger partial charge is 0.231 e. The Balaban J connectivity index is 2.00. The Hall–Kier alpha value is -3.15. The van der Waals surface area contributed by atoms with Crippen LogP contribution in [0.5, 0.6) is 28.7 Å². The summed E-state index contributed by atoms with van der Waals surface area (Å²) < 4.78 is 27.3. The molecule has 0 atom stereocenters. The summed E-state index contributed by atoms with van der Waals surface area (Å²) >= 11 is 0. The van der Waals surface area contributed by atoms with Gasteiger partial charge < -0.3 is 23.7 Å². The second-order valence-electron chi connectivity index (χ2n) is 5.45. The number of carbonyl (C=O) groups excluding carboxylic acids is 1. The Kier molecular flexibility index (Phi) is 5.02. The second kappa shape index (κ2) is 7.39. The van der Waals surface area contributed by atoms with Crippen molar-refractivity contribution >= 4 is 11.9 Å². The number of fused-ring (bicyclic) bond motifs is 1. The van der Waals surface area contributed by atoms with E-state index in [4.69, 9.17) is 23.7 Å². The van der Waals surface area contributed by atoms with Crippen LogP contribution in [-0.2, 0) is 0 Å². The van der Waals surface area contributed by atoms with Gasteiger partial charge >= 0.3 is 0 Å². The van der Waals surface area contributed by atoms with Gasteiger partial charge in [0.2, 0.25) is 11.5 Å². The first-order chi connectivity index (χ1) is 12.6. The SMILES string of the molecule is CCOc1ccc2c(c1)OC(=Cc1ccc(OC)c(OC)c1OC)C2=O. The van der Waals surface area contributed by atoms with Crippen molar-refractivity contribution < 1.29 is 28.5 Å². The molecule has 0 spiro atoms. The molecule has 0 aromatic heterocycles. The van der Waals surface area contributed by atoms with Crippen molar-refractivity contribution in [2.45, 2.75) is 6.92 Å². The molecule has 2 aromatic carbocycles. The molecule has 136 valence electrons. The van der Waals surface area contributed by atoms with Crippen molar-refractivity contribution in [1.29, 1.82) is 0 Å². The molecule has 0 bridgehead atoms. The zero-order valence-corrected chi connectivity index (χ0v) is 15.1. The normalized spacial score (nSPS) is 14.0. The molecule has 0 N–H and O–H groups in total. The van der Waals surface area contributed by atoms with Gasteiger partial charge in [-0.2, -0.15) is 0 Å². The third-order valence-corrected chi connectivity index (χ3v) is 3.97. The molecule has 6 heteroatoms. The molecular weight excluding hydrogens is 336 g/mol. The molecule has 1 heterocycles. The van der Waals surface area contributed by atoms with Crippen molar-refractivity contribution in [2.75, 3.05) is 27.9 Å². The van der Waals surface area contributed by atoms with Gasteiger partial charge in [0.05, 0.1) is 33.5 Å². The molecule has 1 aliphatic heterocycles. The fourth-order valence-corrected chi connectivity index (χ4v) is 2.80. The predicted octanol–water partition coefficient (Wildman–Crippen LogP) is 3.73.